The van der Waals surface area contributed by atoms with Gasteiger partial charge in [0.2, 0.25) is 0 Å². The predicted octanol–water partition coefficient (Wildman–Crippen LogP) is 3.82. The van der Waals surface area contributed by atoms with Gasteiger partial charge in [-0.15, -0.1) is 0 Å². The standard InChI is InChI=1S/C29H32N2O6S/c1-21-8-13-26-25(18-21)31(38(33,34)24-11-9-23(35-2)10-12-24)19-27(37-26)28(32)30-20-29(14-16-36-17-15-29)22-6-4-3-5-7-22/h3-13,18,27H,14-17,19-20H2,1-2H3,(H,30,32)/t27-/m1/s1. The SMILES string of the molecule is COc1ccc(S(=O)(=O)N2C[C@H](C(=O)NCC3(c4ccccc4)CCOCC3)Oc3ccc(C)cc32)cc1. The molecule has 9 heteroatoms. The lowest BCUT2D eigenvalue weighted by atomic mass is 9.74. The van der Waals surface area contributed by atoms with E-state index < -0.39 is 16.1 Å². The lowest BCUT2D eigenvalue weighted by Crippen LogP contribution is -2.53. The number of aryl methyl sites for hydroxylation is 1. The van der Waals surface area contributed by atoms with Crippen LogP contribution in [0.5, 0.6) is 11.5 Å². The van der Waals surface area contributed by atoms with Crippen LogP contribution in [0.25, 0.3) is 0 Å². The van der Waals surface area contributed by atoms with Crippen molar-refractivity contribution in [3.05, 3.63) is 83.9 Å². The molecular formula is C29H32N2O6S. The Labute approximate surface area is 223 Å². The topological polar surface area (TPSA) is 94.2 Å². The molecule has 0 bridgehead atoms. The summed E-state index contributed by atoms with van der Waals surface area (Å²) in [5.74, 6) is 0.552. The third-order valence-corrected chi connectivity index (χ3v) is 9.15. The monoisotopic (exact) mass is 536 g/mol. The Morgan fingerprint density at radius 2 is 1.76 bits per heavy atom. The van der Waals surface area contributed by atoms with Crippen molar-refractivity contribution >= 4 is 21.6 Å². The summed E-state index contributed by atoms with van der Waals surface area (Å²) in [7, 11) is -2.45. The molecule has 0 aromatic heterocycles. The fourth-order valence-electron chi connectivity index (χ4n) is 5.09. The smallest absolute Gasteiger partial charge is 0.264 e. The Morgan fingerprint density at radius 1 is 1.05 bits per heavy atom. The van der Waals surface area contributed by atoms with Crippen LogP contribution in [0.1, 0.15) is 24.0 Å². The molecule has 3 aromatic rings. The molecule has 1 saturated heterocycles. The van der Waals surface area contributed by atoms with E-state index in [1.165, 1.54) is 23.5 Å². The van der Waals surface area contributed by atoms with E-state index >= 15 is 0 Å². The van der Waals surface area contributed by atoms with Crippen molar-refractivity contribution in [2.75, 3.05) is 37.7 Å². The van der Waals surface area contributed by atoms with Crippen LogP contribution in [0.15, 0.2) is 77.7 Å². The van der Waals surface area contributed by atoms with Crippen LogP contribution in [0.3, 0.4) is 0 Å². The third kappa shape index (κ3) is 5.08. The number of carbonyl (C=O) groups is 1. The van der Waals surface area contributed by atoms with Gasteiger partial charge < -0.3 is 19.5 Å². The van der Waals surface area contributed by atoms with E-state index in [-0.39, 0.29) is 22.8 Å². The molecule has 8 nitrogen and oxygen atoms in total. The number of amides is 1. The number of nitrogens with one attached hydrogen (secondary N) is 1. The molecule has 0 aliphatic carbocycles. The zero-order chi connectivity index (χ0) is 26.8. The van der Waals surface area contributed by atoms with Gasteiger partial charge in [-0.2, -0.15) is 0 Å². The second-order valence-electron chi connectivity index (χ2n) is 9.77. The molecule has 3 aromatic carbocycles. The fourth-order valence-corrected chi connectivity index (χ4v) is 6.56. The van der Waals surface area contributed by atoms with Gasteiger partial charge in [-0.25, -0.2) is 8.42 Å². The molecule has 1 N–H and O–H groups in total. The number of ether oxygens (including phenoxy) is 3. The zero-order valence-corrected chi connectivity index (χ0v) is 22.4. The van der Waals surface area contributed by atoms with Crippen molar-refractivity contribution in [1.82, 2.24) is 5.32 Å². The van der Waals surface area contributed by atoms with Crippen molar-refractivity contribution in [3.63, 3.8) is 0 Å². The Bertz CT molecular complexity index is 1390. The normalized spacial score (nSPS) is 18.7. The summed E-state index contributed by atoms with van der Waals surface area (Å²) in [5.41, 5.74) is 2.19. The maximum Gasteiger partial charge on any atom is 0.264 e. The minimum Gasteiger partial charge on any atom is -0.497 e. The van der Waals surface area contributed by atoms with E-state index in [2.05, 4.69) is 17.4 Å². The number of carbonyl (C=O) groups excluding carboxylic acids is 1. The van der Waals surface area contributed by atoms with Gasteiger partial charge in [0, 0.05) is 25.2 Å². The Kier molecular flexibility index (Phi) is 7.32. The first-order valence-corrected chi connectivity index (χ1v) is 14.1. The van der Waals surface area contributed by atoms with Gasteiger partial charge >= 0.3 is 0 Å². The first-order chi connectivity index (χ1) is 18.3. The summed E-state index contributed by atoms with van der Waals surface area (Å²) in [6.45, 7) is 3.38. The van der Waals surface area contributed by atoms with Gasteiger partial charge in [0.15, 0.2) is 6.10 Å². The molecule has 1 atom stereocenters. The molecule has 5 rings (SSSR count). The summed E-state index contributed by atoms with van der Waals surface area (Å²) in [5, 5.41) is 3.07. The van der Waals surface area contributed by atoms with Gasteiger partial charge in [-0.05, 0) is 67.3 Å². The number of rotatable bonds is 7. The Hall–Kier alpha value is -3.56. The fraction of sp³-hybridized carbons (Fsp3) is 0.345. The Morgan fingerprint density at radius 3 is 2.45 bits per heavy atom. The van der Waals surface area contributed by atoms with Gasteiger partial charge in [0.25, 0.3) is 15.9 Å². The average Bonchev–Trinajstić information content (AvgIpc) is 2.96. The lowest BCUT2D eigenvalue weighted by Gasteiger charge is -2.39. The molecule has 1 amide bonds. The van der Waals surface area contributed by atoms with E-state index in [0.29, 0.717) is 36.9 Å². The lowest BCUT2D eigenvalue weighted by molar-refractivity contribution is -0.128. The minimum atomic E-state index is -3.97. The van der Waals surface area contributed by atoms with Crippen molar-refractivity contribution < 1.29 is 27.4 Å². The maximum atomic E-state index is 13.8. The van der Waals surface area contributed by atoms with Crippen molar-refractivity contribution in [2.24, 2.45) is 0 Å². The largest absolute Gasteiger partial charge is 0.497 e. The van der Waals surface area contributed by atoms with Gasteiger partial charge in [0.05, 0.1) is 24.2 Å². The van der Waals surface area contributed by atoms with Crippen LogP contribution in [0.2, 0.25) is 0 Å². The van der Waals surface area contributed by atoms with Crippen LogP contribution < -0.4 is 19.1 Å². The van der Waals surface area contributed by atoms with Gasteiger partial charge in [0.1, 0.15) is 11.5 Å². The highest BCUT2D eigenvalue weighted by Gasteiger charge is 2.40. The summed E-state index contributed by atoms with van der Waals surface area (Å²) < 4.78 is 45.6. The molecule has 2 heterocycles. The molecular weight excluding hydrogens is 504 g/mol. The van der Waals surface area contributed by atoms with Crippen LogP contribution >= 0.6 is 0 Å². The number of hydrogen-bond acceptors (Lipinski definition) is 6. The quantitative estimate of drug-likeness (QED) is 0.493. The highest BCUT2D eigenvalue weighted by Crippen LogP contribution is 2.38. The summed E-state index contributed by atoms with van der Waals surface area (Å²) in [6.07, 6.45) is 0.553. The number of benzene rings is 3. The van der Waals surface area contributed by atoms with Crippen LogP contribution in [-0.2, 0) is 25.0 Å². The Balaban J connectivity index is 1.41. The van der Waals surface area contributed by atoms with Crippen molar-refractivity contribution in [3.8, 4) is 11.5 Å². The second-order valence-corrected chi connectivity index (χ2v) is 11.6. The van der Waals surface area contributed by atoms with Crippen molar-refractivity contribution in [2.45, 2.75) is 36.2 Å². The summed E-state index contributed by atoms with van der Waals surface area (Å²) >= 11 is 0. The molecule has 0 radical (unpaired) electrons. The minimum absolute atomic E-state index is 0.108. The second kappa shape index (κ2) is 10.7. The number of nitrogens with zero attached hydrogens (tertiary/aromatic N) is 1. The predicted molar refractivity (Wildman–Crippen MR) is 144 cm³/mol. The van der Waals surface area contributed by atoms with Gasteiger partial charge in [-0.3, -0.25) is 9.10 Å². The van der Waals surface area contributed by atoms with Crippen molar-refractivity contribution in [1.29, 1.82) is 0 Å². The molecule has 200 valence electrons. The molecule has 0 unspecified atom stereocenters. The highest BCUT2D eigenvalue weighted by atomic mass is 32.2. The van der Waals surface area contributed by atoms with E-state index in [1.54, 1.807) is 24.3 Å². The first-order valence-electron chi connectivity index (χ1n) is 12.7. The molecule has 0 spiro atoms. The van der Waals surface area contributed by atoms with Crippen LogP contribution in [0, 0.1) is 6.92 Å². The maximum absolute atomic E-state index is 13.8. The van der Waals surface area contributed by atoms with E-state index in [0.717, 1.165) is 24.0 Å². The molecule has 38 heavy (non-hydrogen) atoms. The van der Waals surface area contributed by atoms with E-state index in [9.17, 15) is 13.2 Å². The first kappa shape index (κ1) is 26.1. The molecule has 2 aliphatic rings. The number of anilines is 1. The van der Waals surface area contributed by atoms with Gasteiger partial charge in [-0.1, -0.05) is 36.4 Å². The number of sulfonamides is 1. The highest BCUT2D eigenvalue weighted by molar-refractivity contribution is 7.92. The van der Waals surface area contributed by atoms with Crippen LogP contribution in [0.4, 0.5) is 5.69 Å². The number of hydrogen-bond donors (Lipinski definition) is 1. The number of fused-ring (bicyclic) bond motifs is 1. The molecule has 0 saturated carbocycles. The molecule has 1 fully saturated rings. The third-order valence-electron chi connectivity index (χ3n) is 7.36. The average molecular weight is 537 g/mol. The van der Waals surface area contributed by atoms with E-state index in [1.807, 2.05) is 31.2 Å². The number of methoxy groups -OCH3 is 1. The molecule has 2 aliphatic heterocycles. The summed E-state index contributed by atoms with van der Waals surface area (Å²) in [4.78, 5) is 13.6. The van der Waals surface area contributed by atoms with Crippen LogP contribution in [-0.4, -0.2) is 53.8 Å². The zero-order valence-electron chi connectivity index (χ0n) is 21.6. The van der Waals surface area contributed by atoms with E-state index in [4.69, 9.17) is 14.2 Å². The summed E-state index contributed by atoms with van der Waals surface area (Å²) in [6, 6.07) is 21.7.